The van der Waals surface area contributed by atoms with Gasteiger partial charge in [0.05, 0.1) is 14.2 Å². The summed E-state index contributed by atoms with van der Waals surface area (Å²) in [5.74, 6) is 2.14. The Morgan fingerprint density at radius 2 is 1.76 bits per heavy atom. The van der Waals surface area contributed by atoms with E-state index in [4.69, 9.17) is 9.47 Å². The summed E-state index contributed by atoms with van der Waals surface area (Å²) in [4.78, 5) is 18.6. The fraction of sp³-hybridized carbons (Fsp3) is 0.364. The quantitative estimate of drug-likeness (QED) is 0.428. The van der Waals surface area contributed by atoms with Crippen LogP contribution in [0.15, 0.2) is 47.5 Å². The zero-order valence-corrected chi connectivity index (χ0v) is 17.2. The summed E-state index contributed by atoms with van der Waals surface area (Å²) in [6, 6.07) is 13.8. The Hall–Kier alpha value is -3.22. The van der Waals surface area contributed by atoms with Crippen LogP contribution in [0, 0.1) is 0 Å². The number of carbonyl (C=O) groups excluding carboxylic acids is 1. The first-order valence-electron chi connectivity index (χ1n) is 9.69. The Morgan fingerprint density at radius 3 is 2.38 bits per heavy atom. The SMILES string of the molecule is CN=C(NCCCC(=O)N1Cc2ccccc2C1)Nc1ccc(OC)c(OC)c1. The van der Waals surface area contributed by atoms with Gasteiger partial charge in [0.1, 0.15) is 0 Å². The molecular formula is C22H28N4O3. The van der Waals surface area contributed by atoms with Crippen LogP contribution in [0.3, 0.4) is 0 Å². The van der Waals surface area contributed by atoms with Gasteiger partial charge in [-0.05, 0) is 29.7 Å². The molecule has 7 heteroatoms. The molecule has 1 heterocycles. The van der Waals surface area contributed by atoms with Crippen molar-refractivity contribution in [3.05, 3.63) is 53.6 Å². The number of guanidine groups is 1. The largest absolute Gasteiger partial charge is 0.493 e. The van der Waals surface area contributed by atoms with Crippen LogP contribution in [-0.2, 0) is 17.9 Å². The van der Waals surface area contributed by atoms with Crippen molar-refractivity contribution in [2.45, 2.75) is 25.9 Å². The number of amides is 1. The topological polar surface area (TPSA) is 75.2 Å². The number of anilines is 1. The van der Waals surface area contributed by atoms with E-state index in [0.29, 0.717) is 43.5 Å². The average Bonchev–Trinajstić information content (AvgIpc) is 3.20. The van der Waals surface area contributed by atoms with Crippen LogP contribution >= 0.6 is 0 Å². The van der Waals surface area contributed by atoms with Gasteiger partial charge in [-0.1, -0.05) is 24.3 Å². The number of fused-ring (bicyclic) bond motifs is 1. The molecule has 0 saturated carbocycles. The lowest BCUT2D eigenvalue weighted by atomic mass is 10.1. The number of aliphatic imine (C=N–C) groups is 1. The van der Waals surface area contributed by atoms with Gasteiger partial charge in [-0.15, -0.1) is 0 Å². The number of nitrogens with zero attached hydrogens (tertiary/aromatic N) is 2. The van der Waals surface area contributed by atoms with E-state index in [9.17, 15) is 4.79 Å². The summed E-state index contributed by atoms with van der Waals surface area (Å²) in [7, 11) is 4.92. The van der Waals surface area contributed by atoms with Crippen LogP contribution < -0.4 is 20.1 Å². The number of methoxy groups -OCH3 is 2. The van der Waals surface area contributed by atoms with Crippen LogP contribution in [0.5, 0.6) is 11.5 Å². The zero-order chi connectivity index (χ0) is 20.6. The standard InChI is InChI=1S/C22H28N4O3/c1-23-22(25-18-10-11-19(28-2)20(13-18)29-3)24-12-6-9-21(27)26-14-16-7-4-5-8-17(16)15-26/h4-5,7-8,10-11,13H,6,9,12,14-15H2,1-3H3,(H2,23,24,25). The van der Waals surface area contributed by atoms with Crippen LogP contribution in [0.25, 0.3) is 0 Å². The second kappa shape index (κ2) is 9.82. The van der Waals surface area contributed by atoms with Gasteiger partial charge >= 0.3 is 0 Å². The molecule has 0 atom stereocenters. The van der Waals surface area contributed by atoms with Crippen molar-refractivity contribution >= 4 is 17.6 Å². The summed E-state index contributed by atoms with van der Waals surface area (Å²) in [6.07, 6.45) is 1.24. The predicted octanol–water partition coefficient (Wildman–Crippen LogP) is 3.01. The van der Waals surface area contributed by atoms with Crippen molar-refractivity contribution in [3.63, 3.8) is 0 Å². The van der Waals surface area contributed by atoms with Gasteiger partial charge in [0, 0.05) is 44.9 Å². The van der Waals surface area contributed by atoms with E-state index in [2.05, 4.69) is 27.8 Å². The normalized spacial score (nSPS) is 13.1. The third-order valence-electron chi connectivity index (χ3n) is 4.92. The molecule has 1 amide bonds. The molecule has 0 bridgehead atoms. The van der Waals surface area contributed by atoms with Crippen molar-refractivity contribution in [2.24, 2.45) is 4.99 Å². The Kier molecular flexibility index (Phi) is 6.94. The van der Waals surface area contributed by atoms with Crippen LogP contribution in [-0.4, -0.2) is 44.6 Å². The number of ether oxygens (including phenoxy) is 2. The molecule has 1 aliphatic heterocycles. The highest BCUT2D eigenvalue weighted by Gasteiger charge is 2.22. The molecule has 2 N–H and O–H groups in total. The first kappa shape index (κ1) is 20.5. The Labute approximate surface area is 171 Å². The maximum atomic E-state index is 12.5. The monoisotopic (exact) mass is 396 g/mol. The molecule has 1 aliphatic rings. The van der Waals surface area contributed by atoms with E-state index in [0.717, 1.165) is 12.1 Å². The van der Waals surface area contributed by atoms with Crippen molar-refractivity contribution in [2.75, 3.05) is 33.1 Å². The zero-order valence-electron chi connectivity index (χ0n) is 17.2. The minimum atomic E-state index is 0.186. The van der Waals surface area contributed by atoms with Gasteiger partial charge in [0.2, 0.25) is 5.91 Å². The number of hydrogen-bond acceptors (Lipinski definition) is 4. The molecule has 154 valence electrons. The van der Waals surface area contributed by atoms with Gasteiger partial charge in [-0.25, -0.2) is 0 Å². The Bertz CT molecular complexity index is 857. The van der Waals surface area contributed by atoms with E-state index < -0.39 is 0 Å². The number of hydrogen-bond donors (Lipinski definition) is 2. The lowest BCUT2D eigenvalue weighted by Gasteiger charge is -2.16. The molecule has 0 radical (unpaired) electrons. The molecule has 0 fully saturated rings. The third kappa shape index (κ3) is 5.19. The van der Waals surface area contributed by atoms with Crippen molar-refractivity contribution in [1.82, 2.24) is 10.2 Å². The van der Waals surface area contributed by atoms with Gasteiger partial charge < -0.3 is 25.0 Å². The fourth-order valence-corrected chi connectivity index (χ4v) is 3.34. The lowest BCUT2D eigenvalue weighted by Crippen LogP contribution is -2.32. The molecule has 7 nitrogen and oxygen atoms in total. The summed E-state index contributed by atoms with van der Waals surface area (Å²) in [5, 5.41) is 6.46. The van der Waals surface area contributed by atoms with Crippen molar-refractivity contribution in [1.29, 1.82) is 0 Å². The minimum Gasteiger partial charge on any atom is -0.493 e. The van der Waals surface area contributed by atoms with E-state index >= 15 is 0 Å². The highest BCUT2D eigenvalue weighted by Crippen LogP contribution is 2.29. The highest BCUT2D eigenvalue weighted by molar-refractivity contribution is 5.93. The Balaban J connectivity index is 1.43. The maximum absolute atomic E-state index is 12.5. The molecule has 2 aromatic carbocycles. The first-order valence-corrected chi connectivity index (χ1v) is 9.69. The molecule has 2 aromatic rings. The summed E-state index contributed by atoms with van der Waals surface area (Å²) < 4.78 is 10.6. The van der Waals surface area contributed by atoms with Gasteiger partial charge in [0.15, 0.2) is 17.5 Å². The molecule has 0 saturated heterocycles. The average molecular weight is 396 g/mol. The number of benzene rings is 2. The van der Waals surface area contributed by atoms with Crippen LogP contribution in [0.2, 0.25) is 0 Å². The summed E-state index contributed by atoms with van der Waals surface area (Å²) >= 11 is 0. The highest BCUT2D eigenvalue weighted by atomic mass is 16.5. The Morgan fingerprint density at radius 1 is 1.07 bits per heavy atom. The van der Waals surface area contributed by atoms with Gasteiger partial charge in [-0.3, -0.25) is 9.79 Å². The number of rotatable bonds is 7. The second-order valence-electron chi connectivity index (χ2n) is 6.82. The first-order chi connectivity index (χ1) is 14.1. The molecule has 0 unspecified atom stereocenters. The third-order valence-corrected chi connectivity index (χ3v) is 4.92. The van der Waals surface area contributed by atoms with Crippen molar-refractivity contribution in [3.8, 4) is 11.5 Å². The predicted molar refractivity (Wildman–Crippen MR) is 114 cm³/mol. The molecule has 3 rings (SSSR count). The van der Waals surface area contributed by atoms with Crippen molar-refractivity contribution < 1.29 is 14.3 Å². The number of nitrogens with one attached hydrogen (secondary N) is 2. The molecular weight excluding hydrogens is 368 g/mol. The van der Waals surface area contributed by atoms with E-state index in [-0.39, 0.29) is 5.91 Å². The van der Waals surface area contributed by atoms with Gasteiger partial charge in [0.25, 0.3) is 0 Å². The minimum absolute atomic E-state index is 0.186. The summed E-state index contributed by atoms with van der Waals surface area (Å²) in [5.41, 5.74) is 3.33. The van der Waals surface area contributed by atoms with Gasteiger partial charge in [-0.2, -0.15) is 0 Å². The molecule has 0 aromatic heterocycles. The van der Waals surface area contributed by atoms with Crippen LogP contribution in [0.4, 0.5) is 5.69 Å². The lowest BCUT2D eigenvalue weighted by molar-refractivity contribution is -0.131. The molecule has 29 heavy (non-hydrogen) atoms. The molecule has 0 aliphatic carbocycles. The molecule has 0 spiro atoms. The van der Waals surface area contributed by atoms with Crippen LogP contribution in [0.1, 0.15) is 24.0 Å². The van der Waals surface area contributed by atoms with E-state index in [1.807, 2.05) is 35.2 Å². The van der Waals surface area contributed by atoms with E-state index in [1.165, 1.54) is 11.1 Å². The number of carbonyl (C=O) groups is 1. The van der Waals surface area contributed by atoms with E-state index in [1.54, 1.807) is 21.3 Å². The summed E-state index contributed by atoms with van der Waals surface area (Å²) in [6.45, 7) is 2.08. The fourth-order valence-electron chi connectivity index (χ4n) is 3.34. The second-order valence-corrected chi connectivity index (χ2v) is 6.82. The maximum Gasteiger partial charge on any atom is 0.223 e. The smallest absolute Gasteiger partial charge is 0.223 e.